The van der Waals surface area contributed by atoms with Gasteiger partial charge in [-0.05, 0) is 17.9 Å². The highest BCUT2D eigenvalue weighted by Gasteiger charge is 2.10. The van der Waals surface area contributed by atoms with E-state index in [1.165, 1.54) is 4.88 Å². The van der Waals surface area contributed by atoms with Crippen molar-refractivity contribution in [1.82, 2.24) is 4.90 Å². The third-order valence-electron chi connectivity index (χ3n) is 2.33. The van der Waals surface area contributed by atoms with E-state index in [2.05, 4.69) is 0 Å². The smallest absolute Gasteiger partial charge is 0.266 e. The third-order valence-corrected chi connectivity index (χ3v) is 3.97. The molecular weight excluding hydrogens is 260 g/mol. The highest BCUT2D eigenvalue weighted by atomic mass is 32.2. The second-order valence-corrected chi connectivity index (χ2v) is 6.34. The molecule has 0 fully saturated rings. The van der Waals surface area contributed by atoms with Gasteiger partial charge in [0.2, 0.25) is 0 Å². The maximum atomic E-state index is 10.6. The molecule has 7 heteroatoms. The van der Waals surface area contributed by atoms with E-state index in [4.69, 9.17) is 9.96 Å². The number of nitrogens with one attached hydrogen (secondary N) is 1. The van der Waals surface area contributed by atoms with Crippen LogP contribution in [0, 0.1) is 5.41 Å². The molecule has 1 aromatic heterocycles. The van der Waals surface area contributed by atoms with Crippen LogP contribution in [0.5, 0.6) is 0 Å². The summed E-state index contributed by atoms with van der Waals surface area (Å²) in [6, 6.07) is 3.97. The first-order valence-corrected chi connectivity index (χ1v) is 7.63. The molecule has 1 aromatic rings. The van der Waals surface area contributed by atoms with Gasteiger partial charge in [-0.15, -0.1) is 11.3 Å². The monoisotopic (exact) mass is 276 g/mol. The Morgan fingerprint density at radius 1 is 1.59 bits per heavy atom. The zero-order valence-electron chi connectivity index (χ0n) is 9.59. The minimum Gasteiger partial charge on any atom is -0.362 e. The number of hydrogen-bond donors (Lipinski definition) is 2. The lowest BCUT2D eigenvalue weighted by Crippen LogP contribution is -2.31. The van der Waals surface area contributed by atoms with E-state index < -0.39 is 10.1 Å². The van der Waals surface area contributed by atoms with Crippen molar-refractivity contribution in [2.45, 2.75) is 12.8 Å². The molecule has 5 nitrogen and oxygen atoms in total. The van der Waals surface area contributed by atoms with Crippen molar-refractivity contribution < 1.29 is 13.0 Å². The minimum atomic E-state index is -3.95. The van der Waals surface area contributed by atoms with Gasteiger partial charge in [0, 0.05) is 24.9 Å². The molecule has 0 aliphatic carbocycles. The van der Waals surface area contributed by atoms with Gasteiger partial charge >= 0.3 is 0 Å². The van der Waals surface area contributed by atoms with Gasteiger partial charge in [-0.2, -0.15) is 8.42 Å². The van der Waals surface area contributed by atoms with E-state index in [1.54, 1.807) is 23.3 Å². The first kappa shape index (κ1) is 14.1. The topological polar surface area (TPSA) is 81.5 Å². The molecule has 1 rings (SSSR count). The minimum absolute atomic E-state index is 0.141. The Labute approximate surface area is 105 Å². The van der Waals surface area contributed by atoms with Crippen LogP contribution in [0.15, 0.2) is 17.5 Å². The molecule has 0 unspecified atom stereocenters. The van der Waals surface area contributed by atoms with E-state index in [1.807, 2.05) is 17.5 Å². The fourth-order valence-electron chi connectivity index (χ4n) is 1.27. The van der Waals surface area contributed by atoms with Crippen molar-refractivity contribution in [3.8, 4) is 0 Å². The Kier molecular flexibility index (Phi) is 5.10. The number of nitrogens with zero attached hydrogens (tertiary/aromatic N) is 1. The lowest BCUT2D eigenvalue weighted by Gasteiger charge is -2.18. The molecule has 0 saturated carbocycles. The second kappa shape index (κ2) is 6.13. The van der Waals surface area contributed by atoms with E-state index in [9.17, 15) is 8.42 Å². The van der Waals surface area contributed by atoms with Crippen LogP contribution in [0.4, 0.5) is 0 Å². The van der Waals surface area contributed by atoms with Crippen LogP contribution in [-0.4, -0.2) is 43.1 Å². The highest BCUT2D eigenvalue weighted by molar-refractivity contribution is 7.85. The highest BCUT2D eigenvalue weighted by Crippen LogP contribution is 2.11. The van der Waals surface area contributed by atoms with Crippen molar-refractivity contribution >= 4 is 27.3 Å². The van der Waals surface area contributed by atoms with Gasteiger partial charge in [0.25, 0.3) is 10.1 Å². The third kappa shape index (κ3) is 5.81. The van der Waals surface area contributed by atoms with Gasteiger partial charge in [-0.3, -0.25) is 9.96 Å². The summed E-state index contributed by atoms with van der Waals surface area (Å²) in [6.45, 7) is 0.141. The van der Waals surface area contributed by atoms with Crippen molar-refractivity contribution in [2.24, 2.45) is 0 Å². The first-order chi connectivity index (χ1) is 7.88. The zero-order valence-corrected chi connectivity index (χ0v) is 11.2. The predicted molar refractivity (Wildman–Crippen MR) is 69.4 cm³/mol. The summed E-state index contributed by atoms with van der Waals surface area (Å²) < 4.78 is 29.7. The zero-order chi connectivity index (χ0) is 12.9. The molecule has 17 heavy (non-hydrogen) atoms. The van der Waals surface area contributed by atoms with Gasteiger partial charge in [0.1, 0.15) is 0 Å². The summed E-state index contributed by atoms with van der Waals surface area (Å²) in [5, 5.41) is 9.75. The van der Waals surface area contributed by atoms with Crippen molar-refractivity contribution in [2.75, 3.05) is 19.3 Å². The largest absolute Gasteiger partial charge is 0.362 e. The quantitative estimate of drug-likeness (QED) is 0.468. The van der Waals surface area contributed by atoms with Crippen molar-refractivity contribution in [1.29, 1.82) is 5.41 Å². The van der Waals surface area contributed by atoms with Crippen LogP contribution in [0.3, 0.4) is 0 Å². The molecule has 0 aliphatic heterocycles. The SMILES string of the molecule is CN(CCS(=O)(=O)O)C(=N)CCc1cccs1. The molecule has 0 atom stereocenters. The average molecular weight is 276 g/mol. The summed E-state index contributed by atoms with van der Waals surface area (Å²) in [5.41, 5.74) is 0. The average Bonchev–Trinajstić information content (AvgIpc) is 2.74. The molecule has 0 saturated heterocycles. The van der Waals surface area contributed by atoms with Crippen LogP contribution in [-0.2, 0) is 16.5 Å². The maximum absolute atomic E-state index is 10.6. The summed E-state index contributed by atoms with van der Waals surface area (Å²) in [4.78, 5) is 2.75. The number of thiophene rings is 1. The Balaban J connectivity index is 2.32. The molecule has 0 aromatic carbocycles. The summed E-state index contributed by atoms with van der Waals surface area (Å²) in [5.74, 6) is 0.0345. The number of amidine groups is 1. The second-order valence-electron chi connectivity index (χ2n) is 3.73. The summed E-state index contributed by atoms with van der Waals surface area (Å²) >= 11 is 1.64. The lowest BCUT2D eigenvalue weighted by molar-refractivity contribution is 0.462. The van der Waals surface area contributed by atoms with Gasteiger partial charge in [-0.25, -0.2) is 0 Å². The van der Waals surface area contributed by atoms with Crippen LogP contribution >= 0.6 is 11.3 Å². The van der Waals surface area contributed by atoms with E-state index in [-0.39, 0.29) is 12.3 Å². The standard InChI is InChI=1S/C10H16N2O3S2/c1-12(6-8-17(13,14)15)10(11)5-4-9-3-2-7-16-9/h2-3,7,11H,4-6,8H2,1H3,(H,13,14,15). The van der Waals surface area contributed by atoms with Crippen LogP contribution < -0.4 is 0 Å². The number of hydrogen-bond acceptors (Lipinski definition) is 4. The first-order valence-electron chi connectivity index (χ1n) is 5.14. The van der Waals surface area contributed by atoms with E-state index in [0.717, 1.165) is 6.42 Å². The molecular formula is C10H16N2O3S2. The predicted octanol–water partition coefficient (Wildman–Crippen LogP) is 1.48. The molecule has 0 spiro atoms. The van der Waals surface area contributed by atoms with Gasteiger partial charge in [-0.1, -0.05) is 6.07 Å². The van der Waals surface area contributed by atoms with Crippen LogP contribution in [0.1, 0.15) is 11.3 Å². The van der Waals surface area contributed by atoms with Gasteiger partial charge in [0.05, 0.1) is 11.6 Å². The van der Waals surface area contributed by atoms with Gasteiger partial charge < -0.3 is 4.90 Å². The fourth-order valence-corrected chi connectivity index (χ4v) is 2.49. The van der Waals surface area contributed by atoms with Crippen molar-refractivity contribution in [3.63, 3.8) is 0 Å². The molecule has 0 amide bonds. The van der Waals surface area contributed by atoms with Gasteiger partial charge in [0.15, 0.2) is 0 Å². The molecule has 2 N–H and O–H groups in total. The molecule has 0 bridgehead atoms. The summed E-state index contributed by atoms with van der Waals surface area (Å²) in [6.07, 6.45) is 1.36. The lowest BCUT2D eigenvalue weighted by atomic mass is 10.2. The number of rotatable bonds is 6. The molecule has 96 valence electrons. The molecule has 0 radical (unpaired) electrons. The van der Waals surface area contributed by atoms with Crippen LogP contribution in [0.25, 0.3) is 0 Å². The van der Waals surface area contributed by atoms with E-state index in [0.29, 0.717) is 12.3 Å². The fraction of sp³-hybridized carbons (Fsp3) is 0.500. The molecule has 0 aliphatic rings. The Bertz CT molecular complexity index is 454. The Morgan fingerprint density at radius 2 is 2.29 bits per heavy atom. The van der Waals surface area contributed by atoms with E-state index >= 15 is 0 Å². The number of aryl methyl sites for hydroxylation is 1. The maximum Gasteiger partial charge on any atom is 0.266 e. The Hall–Kier alpha value is -0.920. The normalized spacial score (nSPS) is 11.4. The van der Waals surface area contributed by atoms with Crippen LogP contribution in [0.2, 0.25) is 0 Å². The summed E-state index contributed by atoms with van der Waals surface area (Å²) in [7, 11) is -2.29. The Morgan fingerprint density at radius 3 is 2.82 bits per heavy atom. The molecule has 1 heterocycles. The van der Waals surface area contributed by atoms with Crippen molar-refractivity contribution in [3.05, 3.63) is 22.4 Å².